The summed E-state index contributed by atoms with van der Waals surface area (Å²) in [7, 11) is 1.51. The van der Waals surface area contributed by atoms with Crippen molar-refractivity contribution in [1.82, 2.24) is 20.2 Å². The van der Waals surface area contributed by atoms with E-state index in [2.05, 4.69) is 26.7 Å². The number of nitrogens with zero attached hydrogens (tertiary/aromatic N) is 3. The van der Waals surface area contributed by atoms with E-state index < -0.39 is 0 Å². The number of allylic oxidation sites excluding steroid dienone is 1. The van der Waals surface area contributed by atoms with E-state index in [1.54, 1.807) is 23.7 Å². The number of anilines is 1. The molecule has 2 N–H and O–H groups in total. The number of pyridine rings is 1. The molecule has 0 aromatic carbocycles. The summed E-state index contributed by atoms with van der Waals surface area (Å²) in [6.45, 7) is 2.11. The number of aromatic nitrogens is 2. The summed E-state index contributed by atoms with van der Waals surface area (Å²) >= 11 is 1.50. The fraction of sp³-hybridized carbons (Fsp3) is 0.500. The molecule has 0 radical (unpaired) electrons. The average Bonchev–Trinajstić information content (AvgIpc) is 3.36. The van der Waals surface area contributed by atoms with Gasteiger partial charge in [0.1, 0.15) is 11.4 Å². The van der Waals surface area contributed by atoms with Crippen LogP contribution in [0.4, 0.5) is 10.5 Å². The summed E-state index contributed by atoms with van der Waals surface area (Å²) in [5.41, 5.74) is 2.38. The molecular formula is C24H31N5O3S. The number of hydrogen-bond donors (Lipinski definition) is 2. The quantitative estimate of drug-likeness (QED) is 0.579. The first-order valence-corrected chi connectivity index (χ1v) is 12.5. The third-order valence-electron chi connectivity index (χ3n) is 6.21. The van der Waals surface area contributed by atoms with E-state index >= 15 is 0 Å². The van der Waals surface area contributed by atoms with Crippen LogP contribution < -0.4 is 15.4 Å². The highest BCUT2D eigenvalue weighted by atomic mass is 32.1. The number of carbonyl (C=O) groups is 2. The fourth-order valence-corrected chi connectivity index (χ4v) is 5.29. The lowest BCUT2D eigenvalue weighted by molar-refractivity contribution is 0.102. The Bertz CT molecular complexity index is 997. The highest BCUT2D eigenvalue weighted by molar-refractivity contribution is 7.10. The summed E-state index contributed by atoms with van der Waals surface area (Å²) in [6, 6.07) is 3.50. The third-order valence-corrected chi connectivity index (χ3v) is 7.21. The van der Waals surface area contributed by atoms with Gasteiger partial charge in [-0.25, -0.2) is 14.8 Å². The maximum absolute atomic E-state index is 12.6. The van der Waals surface area contributed by atoms with Crippen LogP contribution in [-0.2, 0) is 0 Å². The summed E-state index contributed by atoms with van der Waals surface area (Å²) in [5, 5.41) is 8.61. The summed E-state index contributed by atoms with van der Waals surface area (Å²) in [6.07, 6.45) is 11.5. The molecule has 1 saturated heterocycles. The van der Waals surface area contributed by atoms with E-state index in [-0.39, 0.29) is 17.9 Å². The Hall–Kier alpha value is -2.94. The second kappa shape index (κ2) is 11.3. The van der Waals surface area contributed by atoms with Crippen molar-refractivity contribution in [2.24, 2.45) is 0 Å². The van der Waals surface area contributed by atoms with Gasteiger partial charge in [0.15, 0.2) is 0 Å². The Balaban J connectivity index is 1.24. The van der Waals surface area contributed by atoms with E-state index in [1.807, 2.05) is 4.90 Å². The molecule has 2 aromatic rings. The molecule has 2 aromatic heterocycles. The minimum Gasteiger partial charge on any atom is -0.480 e. The Morgan fingerprint density at radius 1 is 1.27 bits per heavy atom. The molecule has 176 valence electrons. The molecule has 4 rings (SSSR count). The van der Waals surface area contributed by atoms with Crippen molar-refractivity contribution in [1.29, 1.82) is 0 Å². The number of likely N-dealkylation sites (tertiary alicyclic amines) is 1. The minimum absolute atomic E-state index is 0.0227. The molecule has 33 heavy (non-hydrogen) atoms. The van der Waals surface area contributed by atoms with Gasteiger partial charge in [0.2, 0.25) is 5.88 Å². The Kier molecular flexibility index (Phi) is 7.93. The van der Waals surface area contributed by atoms with E-state index in [0.717, 1.165) is 24.3 Å². The highest BCUT2D eigenvalue weighted by Gasteiger charge is 2.26. The Labute approximate surface area is 198 Å². The lowest BCUT2D eigenvalue weighted by Gasteiger charge is -2.31. The number of thiazole rings is 1. The number of rotatable bonds is 7. The summed E-state index contributed by atoms with van der Waals surface area (Å²) in [4.78, 5) is 35.7. The molecule has 0 spiro atoms. The Morgan fingerprint density at radius 2 is 2.12 bits per heavy atom. The standard InChI is InChI=1S/C24H31N5O3S/c1-32-22-19(8-5-12-25-22)27-21(30)20-16-33-23(28-20)18-10-14-29(15-11-18)24(31)26-13-9-17-6-3-2-4-7-17/h5-6,8,12,16,18H,2-4,7,9-11,13-15H2,1H3,(H,26,31)(H,27,30). The van der Waals surface area contributed by atoms with Crippen LogP contribution in [0, 0.1) is 0 Å². The molecule has 1 aliphatic carbocycles. The molecule has 3 heterocycles. The lowest BCUT2D eigenvalue weighted by Crippen LogP contribution is -2.44. The van der Waals surface area contributed by atoms with E-state index in [4.69, 9.17) is 4.74 Å². The maximum atomic E-state index is 12.6. The normalized spacial score (nSPS) is 16.8. The van der Waals surface area contributed by atoms with Crippen LogP contribution in [0.1, 0.15) is 66.4 Å². The topological polar surface area (TPSA) is 96.5 Å². The SMILES string of the molecule is COc1ncccc1NC(=O)c1csc(C2CCN(C(=O)NCCC3=CCCCC3)CC2)n1. The molecule has 3 amide bonds. The van der Waals surface area contributed by atoms with E-state index in [0.29, 0.717) is 36.9 Å². The Morgan fingerprint density at radius 3 is 2.88 bits per heavy atom. The second-order valence-electron chi connectivity index (χ2n) is 8.44. The van der Waals surface area contributed by atoms with Gasteiger partial charge in [-0.05, 0) is 57.1 Å². The molecule has 1 fully saturated rings. The third kappa shape index (κ3) is 6.10. The summed E-state index contributed by atoms with van der Waals surface area (Å²) < 4.78 is 5.18. The fourth-order valence-electron chi connectivity index (χ4n) is 4.32. The van der Waals surface area contributed by atoms with Gasteiger partial charge in [-0.2, -0.15) is 0 Å². The zero-order chi connectivity index (χ0) is 23.0. The predicted octanol–water partition coefficient (Wildman–Crippen LogP) is 4.58. The lowest BCUT2D eigenvalue weighted by atomic mass is 9.97. The number of piperidine rings is 1. The van der Waals surface area contributed by atoms with Gasteiger partial charge < -0.3 is 20.3 Å². The molecule has 9 heteroatoms. The molecule has 1 aliphatic heterocycles. The van der Waals surface area contributed by atoms with Crippen LogP contribution in [0.3, 0.4) is 0 Å². The monoisotopic (exact) mass is 469 g/mol. The number of methoxy groups -OCH3 is 1. The number of hydrogen-bond acceptors (Lipinski definition) is 6. The number of carbonyl (C=O) groups excluding carboxylic acids is 2. The largest absolute Gasteiger partial charge is 0.480 e. The minimum atomic E-state index is -0.284. The number of nitrogens with one attached hydrogen (secondary N) is 2. The van der Waals surface area contributed by atoms with Gasteiger partial charge in [0.05, 0.1) is 12.1 Å². The van der Waals surface area contributed by atoms with Crippen molar-refractivity contribution in [3.05, 3.63) is 46.1 Å². The van der Waals surface area contributed by atoms with E-state index in [9.17, 15) is 9.59 Å². The second-order valence-corrected chi connectivity index (χ2v) is 9.33. The van der Waals surface area contributed by atoms with Crippen molar-refractivity contribution >= 4 is 29.0 Å². The van der Waals surface area contributed by atoms with Crippen molar-refractivity contribution in [3.8, 4) is 5.88 Å². The van der Waals surface area contributed by atoms with Gasteiger partial charge in [0.25, 0.3) is 5.91 Å². The van der Waals surface area contributed by atoms with Crippen LogP contribution >= 0.6 is 11.3 Å². The first kappa shape index (κ1) is 23.2. The van der Waals surface area contributed by atoms with Crippen LogP contribution in [0.25, 0.3) is 0 Å². The molecule has 0 saturated carbocycles. The smallest absolute Gasteiger partial charge is 0.317 e. The van der Waals surface area contributed by atoms with Gasteiger partial charge >= 0.3 is 6.03 Å². The molecule has 8 nitrogen and oxygen atoms in total. The van der Waals surface area contributed by atoms with Gasteiger partial charge in [0, 0.05) is 37.1 Å². The number of ether oxygens (including phenoxy) is 1. The van der Waals surface area contributed by atoms with Gasteiger partial charge in [-0.1, -0.05) is 11.6 Å². The zero-order valence-electron chi connectivity index (χ0n) is 19.0. The first-order valence-electron chi connectivity index (χ1n) is 11.6. The highest BCUT2D eigenvalue weighted by Crippen LogP contribution is 2.31. The van der Waals surface area contributed by atoms with Crippen LogP contribution in [-0.4, -0.2) is 53.6 Å². The molecular weight excluding hydrogens is 438 g/mol. The zero-order valence-corrected chi connectivity index (χ0v) is 19.8. The number of urea groups is 1. The maximum Gasteiger partial charge on any atom is 0.317 e. The molecule has 2 aliphatic rings. The van der Waals surface area contributed by atoms with Gasteiger partial charge in [-0.3, -0.25) is 4.79 Å². The molecule has 0 unspecified atom stereocenters. The summed E-state index contributed by atoms with van der Waals surface area (Å²) in [5.74, 6) is 0.344. The molecule has 0 atom stereocenters. The van der Waals surface area contributed by atoms with E-state index in [1.165, 1.54) is 49.7 Å². The molecule has 0 bridgehead atoms. The van der Waals surface area contributed by atoms with Crippen molar-refractivity contribution < 1.29 is 14.3 Å². The van der Waals surface area contributed by atoms with Crippen LogP contribution in [0.15, 0.2) is 35.4 Å². The van der Waals surface area contributed by atoms with Crippen LogP contribution in [0.5, 0.6) is 5.88 Å². The van der Waals surface area contributed by atoms with Crippen molar-refractivity contribution in [3.63, 3.8) is 0 Å². The van der Waals surface area contributed by atoms with Gasteiger partial charge in [-0.15, -0.1) is 11.3 Å². The van der Waals surface area contributed by atoms with Crippen molar-refractivity contribution in [2.45, 2.75) is 50.9 Å². The first-order chi connectivity index (χ1) is 16.1. The van der Waals surface area contributed by atoms with Crippen LogP contribution in [0.2, 0.25) is 0 Å². The van der Waals surface area contributed by atoms with Crippen molar-refractivity contribution in [2.75, 3.05) is 32.1 Å². The predicted molar refractivity (Wildman–Crippen MR) is 129 cm³/mol. The average molecular weight is 470 g/mol. The number of amides is 3.